The molecular formula is C15H12BrCl2N3O2. The number of hydrogen-bond acceptors (Lipinski definition) is 2. The molecule has 2 aromatic carbocycles. The highest BCUT2D eigenvalue weighted by atomic mass is 79.9. The molecule has 0 saturated heterocycles. The molecule has 0 fully saturated rings. The van der Waals surface area contributed by atoms with E-state index in [0.29, 0.717) is 27.0 Å². The first kappa shape index (κ1) is 17.6. The van der Waals surface area contributed by atoms with Crippen molar-refractivity contribution in [3.63, 3.8) is 0 Å². The summed E-state index contributed by atoms with van der Waals surface area (Å²) in [6.07, 6.45) is 0. The van der Waals surface area contributed by atoms with Gasteiger partial charge in [-0.1, -0.05) is 39.1 Å². The third kappa shape index (κ3) is 4.86. The van der Waals surface area contributed by atoms with Crippen molar-refractivity contribution < 1.29 is 9.59 Å². The van der Waals surface area contributed by atoms with E-state index in [1.807, 2.05) is 0 Å². The van der Waals surface area contributed by atoms with Crippen molar-refractivity contribution in [1.29, 1.82) is 0 Å². The van der Waals surface area contributed by atoms with Crippen LogP contribution >= 0.6 is 39.1 Å². The predicted octanol–water partition coefficient (Wildman–Crippen LogP) is 4.76. The van der Waals surface area contributed by atoms with Gasteiger partial charge in [-0.25, -0.2) is 4.79 Å². The molecule has 0 spiro atoms. The summed E-state index contributed by atoms with van der Waals surface area (Å²) in [7, 11) is 1.52. The smallest absolute Gasteiger partial charge is 0.323 e. The van der Waals surface area contributed by atoms with E-state index in [-0.39, 0.29) is 5.91 Å². The fourth-order valence-corrected chi connectivity index (χ4v) is 2.75. The third-order valence-electron chi connectivity index (χ3n) is 2.82. The van der Waals surface area contributed by atoms with Crippen LogP contribution in [0.3, 0.4) is 0 Å². The molecule has 0 unspecified atom stereocenters. The lowest BCUT2D eigenvalue weighted by Gasteiger charge is -2.12. The van der Waals surface area contributed by atoms with Crippen LogP contribution in [0.1, 0.15) is 10.4 Å². The van der Waals surface area contributed by atoms with Gasteiger partial charge in [0.05, 0.1) is 11.3 Å². The van der Waals surface area contributed by atoms with E-state index >= 15 is 0 Å². The van der Waals surface area contributed by atoms with Crippen LogP contribution in [0.25, 0.3) is 0 Å². The van der Waals surface area contributed by atoms with E-state index in [1.54, 1.807) is 36.4 Å². The molecule has 23 heavy (non-hydrogen) atoms. The molecule has 0 bridgehead atoms. The van der Waals surface area contributed by atoms with Crippen LogP contribution < -0.4 is 16.0 Å². The highest BCUT2D eigenvalue weighted by Gasteiger charge is 2.13. The van der Waals surface area contributed by atoms with Gasteiger partial charge in [-0.3, -0.25) is 4.79 Å². The molecule has 3 amide bonds. The quantitative estimate of drug-likeness (QED) is 0.674. The Labute approximate surface area is 151 Å². The van der Waals surface area contributed by atoms with Crippen molar-refractivity contribution >= 4 is 62.4 Å². The zero-order valence-corrected chi connectivity index (χ0v) is 15.0. The fourth-order valence-electron chi connectivity index (χ4n) is 1.86. The lowest BCUT2D eigenvalue weighted by molar-refractivity contribution is 0.0964. The standard InChI is InChI=1S/C15H12BrCl2N3O2/c1-19-14(22)12-3-2-8(16)4-13(12)21-15(23)20-11-6-9(17)5-10(18)7-11/h2-7H,1H3,(H,19,22)(H2,20,21,23). The van der Waals surface area contributed by atoms with Gasteiger partial charge in [-0.05, 0) is 36.4 Å². The second-order valence-electron chi connectivity index (χ2n) is 4.51. The number of carbonyl (C=O) groups excluding carboxylic acids is 2. The van der Waals surface area contributed by atoms with Crippen molar-refractivity contribution in [2.24, 2.45) is 0 Å². The summed E-state index contributed by atoms with van der Waals surface area (Å²) in [6.45, 7) is 0. The third-order valence-corrected chi connectivity index (χ3v) is 3.75. The number of carbonyl (C=O) groups is 2. The summed E-state index contributed by atoms with van der Waals surface area (Å²) in [5.41, 5.74) is 1.15. The molecule has 0 heterocycles. The lowest BCUT2D eigenvalue weighted by Crippen LogP contribution is -2.24. The molecule has 0 aliphatic heterocycles. The number of nitrogens with one attached hydrogen (secondary N) is 3. The minimum absolute atomic E-state index is 0.307. The Morgan fingerprint density at radius 2 is 1.65 bits per heavy atom. The molecule has 0 radical (unpaired) electrons. The molecule has 8 heteroatoms. The molecule has 2 rings (SSSR count). The minimum Gasteiger partial charge on any atom is -0.355 e. The summed E-state index contributed by atoms with van der Waals surface area (Å²) in [4.78, 5) is 24.0. The number of hydrogen-bond donors (Lipinski definition) is 3. The molecule has 2 aromatic rings. The van der Waals surface area contributed by atoms with Gasteiger partial charge in [-0.15, -0.1) is 0 Å². The molecule has 0 atom stereocenters. The molecule has 5 nitrogen and oxygen atoms in total. The van der Waals surface area contributed by atoms with E-state index in [2.05, 4.69) is 31.9 Å². The summed E-state index contributed by atoms with van der Waals surface area (Å²) in [5, 5.41) is 8.56. The van der Waals surface area contributed by atoms with E-state index in [1.165, 1.54) is 7.05 Å². The van der Waals surface area contributed by atoms with Crippen LogP contribution in [0.2, 0.25) is 10.0 Å². The van der Waals surface area contributed by atoms with Crippen LogP contribution in [0.4, 0.5) is 16.2 Å². The van der Waals surface area contributed by atoms with Gasteiger partial charge < -0.3 is 16.0 Å². The molecular weight excluding hydrogens is 405 g/mol. The Hall–Kier alpha value is -1.76. The Bertz CT molecular complexity index is 748. The Kier molecular flexibility index (Phi) is 5.87. The number of halogens is 3. The summed E-state index contributed by atoms with van der Waals surface area (Å²) in [6, 6.07) is 9.12. The first-order valence-electron chi connectivity index (χ1n) is 6.45. The monoisotopic (exact) mass is 415 g/mol. The summed E-state index contributed by atoms with van der Waals surface area (Å²) in [5.74, 6) is -0.307. The van der Waals surface area contributed by atoms with Gasteiger partial charge >= 0.3 is 6.03 Å². The van der Waals surface area contributed by atoms with E-state index < -0.39 is 6.03 Å². The van der Waals surface area contributed by atoms with Gasteiger partial charge in [0.1, 0.15) is 0 Å². The van der Waals surface area contributed by atoms with Crippen LogP contribution in [0.5, 0.6) is 0 Å². The van der Waals surface area contributed by atoms with Crippen LogP contribution in [-0.4, -0.2) is 19.0 Å². The summed E-state index contributed by atoms with van der Waals surface area (Å²) >= 11 is 15.1. The van der Waals surface area contributed by atoms with Gasteiger partial charge in [-0.2, -0.15) is 0 Å². The van der Waals surface area contributed by atoms with Crippen LogP contribution in [-0.2, 0) is 0 Å². The zero-order valence-electron chi connectivity index (χ0n) is 11.9. The topological polar surface area (TPSA) is 70.2 Å². The van der Waals surface area contributed by atoms with Crippen molar-refractivity contribution in [2.45, 2.75) is 0 Å². The maximum Gasteiger partial charge on any atom is 0.323 e. The molecule has 3 N–H and O–H groups in total. The fraction of sp³-hybridized carbons (Fsp3) is 0.0667. The molecule has 0 aromatic heterocycles. The first-order valence-corrected chi connectivity index (χ1v) is 7.99. The normalized spacial score (nSPS) is 10.1. The van der Waals surface area contributed by atoms with Crippen LogP contribution in [0.15, 0.2) is 40.9 Å². The Morgan fingerprint density at radius 3 is 2.26 bits per heavy atom. The van der Waals surface area contributed by atoms with Crippen LogP contribution in [0, 0.1) is 0 Å². The van der Waals surface area contributed by atoms with Gasteiger partial charge in [0, 0.05) is 27.3 Å². The Balaban J connectivity index is 2.19. The second kappa shape index (κ2) is 7.68. The van der Waals surface area contributed by atoms with Gasteiger partial charge in [0.2, 0.25) is 0 Å². The van der Waals surface area contributed by atoms with Gasteiger partial charge in [0.15, 0.2) is 0 Å². The van der Waals surface area contributed by atoms with E-state index in [4.69, 9.17) is 23.2 Å². The number of benzene rings is 2. The SMILES string of the molecule is CNC(=O)c1ccc(Br)cc1NC(=O)Nc1cc(Cl)cc(Cl)c1. The van der Waals surface area contributed by atoms with E-state index in [0.717, 1.165) is 4.47 Å². The maximum atomic E-state index is 12.1. The summed E-state index contributed by atoms with van der Waals surface area (Å²) < 4.78 is 0.728. The van der Waals surface area contributed by atoms with Crippen molar-refractivity contribution in [1.82, 2.24) is 5.32 Å². The molecule has 0 aliphatic rings. The lowest BCUT2D eigenvalue weighted by atomic mass is 10.1. The molecule has 120 valence electrons. The average molecular weight is 417 g/mol. The highest BCUT2D eigenvalue weighted by Crippen LogP contribution is 2.24. The van der Waals surface area contributed by atoms with Crippen molar-refractivity contribution in [3.05, 3.63) is 56.5 Å². The van der Waals surface area contributed by atoms with Crippen molar-refractivity contribution in [2.75, 3.05) is 17.7 Å². The van der Waals surface area contributed by atoms with Gasteiger partial charge in [0.25, 0.3) is 5.91 Å². The first-order chi connectivity index (χ1) is 10.9. The maximum absolute atomic E-state index is 12.1. The Morgan fingerprint density at radius 1 is 1.00 bits per heavy atom. The molecule has 0 aliphatic carbocycles. The predicted molar refractivity (Wildman–Crippen MR) is 96.6 cm³/mol. The largest absolute Gasteiger partial charge is 0.355 e. The highest BCUT2D eigenvalue weighted by molar-refractivity contribution is 9.10. The van der Waals surface area contributed by atoms with E-state index in [9.17, 15) is 9.59 Å². The number of anilines is 2. The second-order valence-corrected chi connectivity index (χ2v) is 6.29. The number of rotatable bonds is 3. The van der Waals surface area contributed by atoms with Crippen molar-refractivity contribution in [3.8, 4) is 0 Å². The zero-order chi connectivity index (χ0) is 17.0. The number of amides is 3. The number of urea groups is 1. The molecule has 0 saturated carbocycles. The average Bonchev–Trinajstić information content (AvgIpc) is 2.45. The minimum atomic E-state index is -0.522.